The van der Waals surface area contributed by atoms with Gasteiger partial charge in [-0.05, 0) is 47.5 Å². The van der Waals surface area contributed by atoms with E-state index in [0.717, 1.165) is 5.56 Å². The van der Waals surface area contributed by atoms with E-state index in [9.17, 15) is 4.39 Å². The summed E-state index contributed by atoms with van der Waals surface area (Å²) in [7, 11) is 0. The van der Waals surface area contributed by atoms with Crippen LogP contribution in [0.15, 0.2) is 35.0 Å². The lowest BCUT2D eigenvalue weighted by Gasteiger charge is -2.14. The largest absolute Gasteiger partial charge is 0.376 e. The first-order chi connectivity index (χ1) is 7.66. The molecule has 0 aliphatic carbocycles. The normalized spacial score (nSPS) is 12.4. The van der Waals surface area contributed by atoms with Gasteiger partial charge in [0, 0.05) is 11.1 Å². The van der Waals surface area contributed by atoms with Gasteiger partial charge in [-0.2, -0.15) is 11.3 Å². The number of benzene rings is 1. The zero-order chi connectivity index (χ0) is 11.5. The Morgan fingerprint density at radius 2 is 2.19 bits per heavy atom. The minimum atomic E-state index is -0.324. The molecule has 2 rings (SSSR count). The Kier molecular flexibility index (Phi) is 3.46. The summed E-state index contributed by atoms with van der Waals surface area (Å²) in [6.45, 7) is 2.00. The zero-order valence-electron chi connectivity index (χ0n) is 8.71. The molecule has 1 heterocycles. The van der Waals surface area contributed by atoms with Gasteiger partial charge in [-0.15, -0.1) is 0 Å². The van der Waals surface area contributed by atoms with E-state index >= 15 is 0 Å². The van der Waals surface area contributed by atoms with E-state index in [0.29, 0.717) is 10.7 Å². The van der Waals surface area contributed by atoms with Gasteiger partial charge in [0.2, 0.25) is 0 Å². The molecule has 0 aliphatic heterocycles. The second-order valence-corrected chi connectivity index (χ2v) is 4.76. The van der Waals surface area contributed by atoms with Crippen molar-refractivity contribution in [1.82, 2.24) is 0 Å². The predicted octanol–water partition coefficient (Wildman–Crippen LogP) is 4.71. The number of halogens is 2. The third-order valence-corrected chi connectivity index (χ3v) is 3.28. The SMILES string of the molecule is CC(Nc1ccc(Cl)cc1F)c1ccsc1. The number of anilines is 1. The quantitative estimate of drug-likeness (QED) is 0.837. The molecule has 0 radical (unpaired) electrons. The molecule has 0 bridgehead atoms. The molecule has 0 fully saturated rings. The van der Waals surface area contributed by atoms with E-state index in [1.54, 1.807) is 23.5 Å². The summed E-state index contributed by atoms with van der Waals surface area (Å²) in [6, 6.07) is 6.75. The van der Waals surface area contributed by atoms with Gasteiger partial charge in [0.05, 0.1) is 5.69 Å². The summed E-state index contributed by atoms with van der Waals surface area (Å²) in [5, 5.41) is 7.57. The summed E-state index contributed by atoms with van der Waals surface area (Å²) in [5.74, 6) is -0.324. The summed E-state index contributed by atoms with van der Waals surface area (Å²) >= 11 is 7.32. The van der Waals surface area contributed by atoms with Crippen LogP contribution in [0.5, 0.6) is 0 Å². The maximum absolute atomic E-state index is 13.5. The molecular formula is C12H11ClFNS. The molecule has 16 heavy (non-hydrogen) atoms. The smallest absolute Gasteiger partial charge is 0.147 e. The van der Waals surface area contributed by atoms with Crippen molar-refractivity contribution in [2.75, 3.05) is 5.32 Å². The Morgan fingerprint density at radius 3 is 2.81 bits per heavy atom. The summed E-state index contributed by atoms with van der Waals surface area (Å²) in [6.07, 6.45) is 0. The number of nitrogens with one attached hydrogen (secondary N) is 1. The Balaban J connectivity index is 2.15. The fraction of sp³-hybridized carbons (Fsp3) is 0.167. The third kappa shape index (κ3) is 2.54. The average molecular weight is 256 g/mol. The van der Waals surface area contributed by atoms with Crippen molar-refractivity contribution in [2.24, 2.45) is 0 Å². The van der Waals surface area contributed by atoms with Crippen LogP contribution in [0.1, 0.15) is 18.5 Å². The standard InChI is InChI=1S/C12H11ClFNS/c1-8(9-4-5-16-7-9)15-12-3-2-10(13)6-11(12)14/h2-8,15H,1H3. The summed E-state index contributed by atoms with van der Waals surface area (Å²) in [5.41, 5.74) is 1.63. The highest BCUT2D eigenvalue weighted by atomic mass is 35.5. The van der Waals surface area contributed by atoms with Gasteiger partial charge >= 0.3 is 0 Å². The highest BCUT2D eigenvalue weighted by Gasteiger charge is 2.08. The lowest BCUT2D eigenvalue weighted by Crippen LogP contribution is -2.06. The molecular weight excluding hydrogens is 245 g/mol. The van der Waals surface area contributed by atoms with E-state index in [2.05, 4.69) is 5.32 Å². The first kappa shape index (κ1) is 11.4. The van der Waals surface area contributed by atoms with Gasteiger partial charge in [0.25, 0.3) is 0 Å². The highest BCUT2D eigenvalue weighted by molar-refractivity contribution is 7.07. The Labute approximate surface area is 103 Å². The van der Waals surface area contributed by atoms with Gasteiger partial charge in [0.15, 0.2) is 0 Å². The molecule has 1 nitrogen and oxygen atoms in total. The molecule has 2 aromatic rings. The van der Waals surface area contributed by atoms with Crippen LogP contribution >= 0.6 is 22.9 Å². The molecule has 0 spiro atoms. The van der Waals surface area contributed by atoms with Crippen molar-refractivity contribution in [3.8, 4) is 0 Å². The predicted molar refractivity (Wildman–Crippen MR) is 67.8 cm³/mol. The lowest BCUT2D eigenvalue weighted by molar-refractivity contribution is 0.627. The van der Waals surface area contributed by atoms with Crippen molar-refractivity contribution in [3.05, 3.63) is 51.4 Å². The van der Waals surface area contributed by atoms with Gasteiger partial charge < -0.3 is 5.32 Å². The van der Waals surface area contributed by atoms with Crippen molar-refractivity contribution in [1.29, 1.82) is 0 Å². The molecule has 1 N–H and O–H groups in total. The van der Waals surface area contributed by atoms with Crippen LogP contribution in [0.3, 0.4) is 0 Å². The molecule has 4 heteroatoms. The molecule has 1 atom stereocenters. The van der Waals surface area contributed by atoms with Gasteiger partial charge in [-0.1, -0.05) is 11.6 Å². The lowest BCUT2D eigenvalue weighted by atomic mass is 10.1. The molecule has 0 saturated carbocycles. The summed E-state index contributed by atoms with van der Waals surface area (Å²) in [4.78, 5) is 0. The first-order valence-corrected chi connectivity index (χ1v) is 6.22. The second kappa shape index (κ2) is 4.85. The van der Waals surface area contributed by atoms with E-state index in [1.165, 1.54) is 6.07 Å². The van der Waals surface area contributed by atoms with Crippen LogP contribution < -0.4 is 5.32 Å². The van der Waals surface area contributed by atoms with Gasteiger partial charge in [-0.3, -0.25) is 0 Å². The number of rotatable bonds is 3. The maximum atomic E-state index is 13.5. The first-order valence-electron chi connectivity index (χ1n) is 4.90. The third-order valence-electron chi connectivity index (χ3n) is 2.35. The van der Waals surface area contributed by atoms with Crippen molar-refractivity contribution in [2.45, 2.75) is 13.0 Å². The average Bonchev–Trinajstić information content (AvgIpc) is 2.75. The summed E-state index contributed by atoms with van der Waals surface area (Å²) < 4.78 is 13.5. The van der Waals surface area contributed by atoms with Crippen LogP contribution in [0.2, 0.25) is 5.02 Å². The van der Waals surface area contributed by atoms with E-state index in [4.69, 9.17) is 11.6 Å². The second-order valence-electron chi connectivity index (χ2n) is 3.55. The van der Waals surface area contributed by atoms with Crippen molar-refractivity contribution in [3.63, 3.8) is 0 Å². The van der Waals surface area contributed by atoms with Gasteiger partial charge in [-0.25, -0.2) is 4.39 Å². The number of thiophene rings is 1. The minimum Gasteiger partial charge on any atom is -0.376 e. The van der Waals surface area contributed by atoms with Crippen LogP contribution in [0, 0.1) is 5.82 Å². The number of hydrogen-bond donors (Lipinski definition) is 1. The van der Waals surface area contributed by atoms with Crippen LogP contribution in [-0.2, 0) is 0 Å². The minimum absolute atomic E-state index is 0.0851. The molecule has 1 aromatic heterocycles. The van der Waals surface area contributed by atoms with E-state index in [-0.39, 0.29) is 11.9 Å². The van der Waals surface area contributed by atoms with Gasteiger partial charge in [0.1, 0.15) is 5.82 Å². The van der Waals surface area contributed by atoms with Crippen LogP contribution in [-0.4, -0.2) is 0 Å². The number of hydrogen-bond acceptors (Lipinski definition) is 2. The van der Waals surface area contributed by atoms with Crippen LogP contribution in [0.4, 0.5) is 10.1 Å². The van der Waals surface area contributed by atoms with E-state index < -0.39 is 0 Å². The fourth-order valence-corrected chi connectivity index (χ4v) is 2.36. The van der Waals surface area contributed by atoms with Crippen LogP contribution in [0.25, 0.3) is 0 Å². The Bertz CT molecular complexity index is 470. The molecule has 0 aliphatic rings. The Morgan fingerprint density at radius 1 is 1.38 bits per heavy atom. The van der Waals surface area contributed by atoms with Crippen molar-refractivity contribution < 1.29 is 4.39 Å². The molecule has 1 aromatic carbocycles. The van der Waals surface area contributed by atoms with E-state index in [1.807, 2.05) is 23.8 Å². The monoisotopic (exact) mass is 255 g/mol. The van der Waals surface area contributed by atoms with Crippen molar-refractivity contribution >= 4 is 28.6 Å². The molecule has 84 valence electrons. The topological polar surface area (TPSA) is 12.0 Å². The molecule has 0 amide bonds. The highest BCUT2D eigenvalue weighted by Crippen LogP contribution is 2.24. The zero-order valence-corrected chi connectivity index (χ0v) is 10.3. The Hall–Kier alpha value is -1.06. The molecule has 0 saturated heterocycles. The maximum Gasteiger partial charge on any atom is 0.147 e. The fourth-order valence-electron chi connectivity index (χ4n) is 1.44. The molecule has 1 unspecified atom stereocenters.